The summed E-state index contributed by atoms with van der Waals surface area (Å²) in [6.45, 7) is 28.9. The van der Waals surface area contributed by atoms with E-state index >= 15 is 0 Å². The Balaban J connectivity index is -0.000000769. The normalized spacial score (nSPS) is 26.2. The molecule has 1 aliphatic heterocycles. The molecule has 43 heteroatoms. The Hall–Kier alpha value is -4.74. The molecule has 0 aromatic carbocycles. The number of hydrogen-bond donors (Lipinski definition) is 3. The molecule has 9 aliphatic carbocycles. The van der Waals surface area contributed by atoms with Crippen LogP contribution < -0.4 is 0 Å². The molecule has 10 aliphatic rings. The molecule has 0 radical (unpaired) electrons. The second-order valence-corrected chi connectivity index (χ2v) is 39.1. The van der Waals surface area contributed by atoms with Crippen LogP contribution in [0.15, 0.2) is 0 Å². The molecule has 9 unspecified atom stereocenters. The number of rotatable bonds is 11. The molecular formula is C88H146F30O13. The summed E-state index contributed by atoms with van der Waals surface area (Å²) in [5.41, 5.74) is -28.8. The van der Waals surface area contributed by atoms with Crippen LogP contribution in [0, 0.1) is 94.2 Å². The number of hydrogen-bond acceptors (Lipinski definition) is 13. The maximum absolute atomic E-state index is 14.0. The summed E-state index contributed by atoms with van der Waals surface area (Å²) in [4.78, 5) is 47.2. The zero-order valence-corrected chi connectivity index (χ0v) is 72.7. The molecule has 6 bridgehead atoms. The van der Waals surface area contributed by atoms with Gasteiger partial charge in [-0.2, -0.15) is 132 Å². The fourth-order valence-electron chi connectivity index (χ4n) is 18.9. The van der Waals surface area contributed by atoms with Gasteiger partial charge in [-0.05, 0) is 248 Å². The fraction of sp³-hybridized carbons (Fsp3) is 0.955. The number of alkyl halides is 30. The first kappa shape index (κ1) is 133. The fourth-order valence-corrected chi connectivity index (χ4v) is 18.9. The number of cyclic esters (lactones) is 1. The second-order valence-electron chi connectivity index (χ2n) is 39.1. The summed E-state index contributed by atoms with van der Waals surface area (Å²) in [7, 11) is 0. The summed E-state index contributed by atoms with van der Waals surface area (Å²) in [5, 5.41) is 27.4. The van der Waals surface area contributed by atoms with E-state index in [2.05, 4.69) is 88.2 Å². The van der Waals surface area contributed by atoms with Gasteiger partial charge in [0, 0.05) is 29.1 Å². The molecule has 0 aromatic heterocycles. The molecule has 1 saturated heterocycles. The molecule has 0 amide bonds. The van der Waals surface area contributed by atoms with E-state index in [1.807, 2.05) is 0 Å². The zero-order chi connectivity index (χ0) is 97.5. The quantitative estimate of drug-likeness (QED) is 0.101. The SMILES string of the molecule is C.C.C.C.C.C.CC(C)(C)OC(=O)OC(C1CCC(C(OC(=O)OC(C)(C)C)(C(F)(F)F)C(F)(F)F)CC1)(C(F)(F)F)C(F)(F)F.CC(C)C.CC(C)C.CC(C)C.CCC1(OC(=O)C2CC3CCC2C3)CCCC1.O=C1CC2(CO1)CC1CCC2C1.OC(C1CCC(C(O)(C(F)(F)F)C(F)(F)F)CC1)(C(F)(F)F)C(F)(F)F.OC(CC1CC2CCC1C2)(C(F)(F)F)C(F)(F)F. The van der Waals surface area contributed by atoms with Crippen LogP contribution in [0.3, 0.4) is 0 Å². The van der Waals surface area contributed by atoms with Crippen molar-refractivity contribution in [2.45, 2.75) is 435 Å². The molecule has 9 atom stereocenters. The van der Waals surface area contributed by atoms with Crippen molar-refractivity contribution in [3.63, 3.8) is 0 Å². The van der Waals surface area contributed by atoms with Gasteiger partial charge >= 0.3 is 97.2 Å². The first-order valence-electron chi connectivity index (χ1n) is 41.9. The Bertz CT molecular complexity index is 3140. The average Bonchev–Trinajstić information content (AvgIpc) is 1.37. The highest BCUT2D eigenvalue weighted by atomic mass is 19.5. The van der Waals surface area contributed by atoms with Gasteiger partial charge in [-0.25, -0.2) is 9.59 Å². The van der Waals surface area contributed by atoms with E-state index in [-0.39, 0.29) is 79.9 Å². The lowest BCUT2D eigenvalue weighted by atomic mass is 9.67. The lowest BCUT2D eigenvalue weighted by Gasteiger charge is -2.48. The second kappa shape index (κ2) is 48.2. The number of halogens is 30. The van der Waals surface area contributed by atoms with Crippen LogP contribution in [-0.4, -0.2) is 153 Å². The van der Waals surface area contributed by atoms with E-state index in [0.717, 1.165) is 116 Å². The van der Waals surface area contributed by atoms with E-state index in [1.54, 1.807) is 0 Å². The van der Waals surface area contributed by atoms with Crippen molar-refractivity contribution in [1.82, 2.24) is 0 Å². The van der Waals surface area contributed by atoms with Crippen molar-refractivity contribution in [1.29, 1.82) is 0 Å². The van der Waals surface area contributed by atoms with Crippen LogP contribution in [0.1, 0.15) is 329 Å². The van der Waals surface area contributed by atoms with Crippen molar-refractivity contribution in [3.8, 4) is 0 Å². The average molecular weight is 1980 g/mol. The zero-order valence-electron chi connectivity index (χ0n) is 72.7. The van der Waals surface area contributed by atoms with Crippen LogP contribution >= 0.6 is 0 Å². The number of carbonyl (C=O) groups excluding carboxylic acids is 4. The highest BCUT2D eigenvalue weighted by Crippen LogP contribution is 2.64. The first-order valence-corrected chi connectivity index (χ1v) is 41.9. The van der Waals surface area contributed by atoms with Crippen molar-refractivity contribution >= 4 is 24.2 Å². The number of esters is 2. The van der Waals surface area contributed by atoms with Crippen molar-refractivity contribution in [3.05, 3.63) is 0 Å². The molecule has 131 heavy (non-hydrogen) atoms. The Morgan fingerprint density at radius 1 is 0.389 bits per heavy atom. The van der Waals surface area contributed by atoms with Crippen LogP contribution in [0.2, 0.25) is 0 Å². The minimum absolute atomic E-state index is 0. The van der Waals surface area contributed by atoms with Gasteiger partial charge in [-0.1, -0.05) is 133 Å². The maximum Gasteiger partial charge on any atom is 0.510 e. The van der Waals surface area contributed by atoms with E-state index in [9.17, 15) is 151 Å². The van der Waals surface area contributed by atoms with Crippen LogP contribution in [-0.2, 0) is 38.0 Å². The summed E-state index contributed by atoms with van der Waals surface area (Å²) in [6, 6.07) is 0. The van der Waals surface area contributed by atoms with Crippen LogP contribution in [0.4, 0.5) is 141 Å². The molecule has 10 rings (SSSR count). The molecule has 3 N–H and O–H groups in total. The third-order valence-corrected chi connectivity index (χ3v) is 24.5. The lowest BCUT2D eigenvalue weighted by molar-refractivity contribution is -0.399. The van der Waals surface area contributed by atoms with E-state index in [4.69, 9.17) is 24.8 Å². The smallest absolute Gasteiger partial charge is 0.465 e. The Morgan fingerprint density at radius 2 is 0.695 bits per heavy atom. The van der Waals surface area contributed by atoms with Crippen molar-refractivity contribution < 1.29 is 195 Å². The number of aliphatic hydroxyl groups is 3. The van der Waals surface area contributed by atoms with Gasteiger partial charge in [0.2, 0.25) is 0 Å². The predicted molar refractivity (Wildman–Crippen MR) is 432 cm³/mol. The third-order valence-electron chi connectivity index (χ3n) is 24.5. The van der Waals surface area contributed by atoms with E-state index in [1.165, 1.54) is 57.8 Å². The van der Waals surface area contributed by atoms with Gasteiger partial charge in [0.1, 0.15) is 16.8 Å². The highest BCUT2D eigenvalue weighted by molar-refractivity contribution is 5.74. The maximum atomic E-state index is 14.0. The Labute approximate surface area is 752 Å². The summed E-state index contributed by atoms with van der Waals surface area (Å²) in [6.07, 6.45) is -60.8. The summed E-state index contributed by atoms with van der Waals surface area (Å²) in [5.74, 6) is -5.53. The summed E-state index contributed by atoms with van der Waals surface area (Å²) < 4.78 is 423. The molecule has 1 heterocycles. The number of fused-ring (bicyclic) bond motifs is 7. The van der Waals surface area contributed by atoms with Crippen LogP contribution in [0.25, 0.3) is 0 Å². The van der Waals surface area contributed by atoms with Gasteiger partial charge < -0.3 is 43.7 Å². The molecule has 9 saturated carbocycles. The number of carbonyl (C=O) groups is 4. The molecular weight excluding hydrogens is 1830 g/mol. The minimum atomic E-state index is -6.42. The van der Waals surface area contributed by atoms with Gasteiger partial charge in [-0.3, -0.25) is 9.59 Å². The van der Waals surface area contributed by atoms with Gasteiger partial charge in [0.15, 0.2) is 0 Å². The highest BCUT2D eigenvalue weighted by Gasteiger charge is 2.82. The molecule has 13 nitrogen and oxygen atoms in total. The Kier molecular flexibility index (Phi) is 48.8. The molecule has 786 valence electrons. The first-order chi connectivity index (χ1) is 55.9. The molecule has 0 aromatic rings. The molecule has 1 spiro atoms. The largest absolute Gasteiger partial charge is 0.510 e. The third kappa shape index (κ3) is 33.0. The summed E-state index contributed by atoms with van der Waals surface area (Å²) >= 11 is 0. The number of ether oxygens (including phenoxy) is 6. The minimum Gasteiger partial charge on any atom is -0.465 e. The molecule has 10 fully saturated rings. The van der Waals surface area contributed by atoms with Crippen molar-refractivity contribution in [2.24, 2.45) is 94.2 Å². The predicted octanol–water partition coefficient (Wildman–Crippen LogP) is 30.8. The standard InChI is InChI=1S/C22H28F12O6.C15H24O2.C12H12F12O2.C11H14F6O.C10H14O2.3C4H10.6CH4/c1-15(2,3)37-13(35)39-17(19(23,24)25,20(26,27)28)11-7-9-12(10-8-11)18(21(29,30)31,22(32,33)34)40-14(36)38-16(4,5)6;1-2-15(7-3-4-8-15)17-14(16)13-10-11-5-6-12(13)9-11;13-9(14,15)7(25,10(16,17)18)5-1-2-6(4-3-5)8(26,11(19,20)21)12(22,23)24;12-10(13,14)9(18,11(15,16)17)5-8-4-6-1-2-7(8)3-6;11-9-5-10(6-12-9)4-7-1-2-8(10)3-7;3*1-4(2)3;;;;;;/h11-12H,7-10H2,1-6H3;11-13H,2-10H2,1H3;5-6,25-26H,1-4H2;6-8,18H,1-5H2;7-8H,1-6H2;3*4H,1-3H3;6*1H4. The topological polar surface area (TPSA) is 184 Å². The van der Waals surface area contributed by atoms with Gasteiger partial charge in [-0.15, -0.1) is 0 Å². The van der Waals surface area contributed by atoms with Crippen LogP contribution in [0.5, 0.6) is 0 Å². The lowest BCUT2D eigenvalue weighted by Crippen LogP contribution is -2.67. The van der Waals surface area contributed by atoms with E-state index in [0.29, 0.717) is 37.0 Å². The van der Waals surface area contributed by atoms with Gasteiger partial charge in [0.05, 0.1) is 18.9 Å². The van der Waals surface area contributed by atoms with E-state index < -0.39 is 201 Å². The van der Waals surface area contributed by atoms with Crippen molar-refractivity contribution in [2.75, 3.05) is 6.61 Å². The monoisotopic (exact) mass is 1980 g/mol. The Morgan fingerprint density at radius 3 is 0.916 bits per heavy atom. The van der Waals surface area contributed by atoms with Gasteiger partial charge in [0.25, 0.3) is 16.8 Å².